The summed E-state index contributed by atoms with van der Waals surface area (Å²) < 4.78 is 2.70. The van der Waals surface area contributed by atoms with Gasteiger partial charge in [-0.05, 0) is 55.6 Å². The summed E-state index contributed by atoms with van der Waals surface area (Å²) in [5, 5.41) is 14.2. The molecule has 1 N–H and O–H groups in total. The molecule has 0 aliphatic carbocycles. The highest BCUT2D eigenvalue weighted by atomic mass is 79.9. The second-order valence-corrected chi connectivity index (χ2v) is 7.17. The van der Waals surface area contributed by atoms with Crippen molar-refractivity contribution in [3.63, 3.8) is 0 Å². The summed E-state index contributed by atoms with van der Waals surface area (Å²) >= 11 is 16.1. The Balaban J connectivity index is 2.21. The van der Waals surface area contributed by atoms with E-state index in [0.29, 0.717) is 6.54 Å². The van der Waals surface area contributed by atoms with E-state index in [2.05, 4.69) is 53.1 Å². The summed E-state index contributed by atoms with van der Waals surface area (Å²) in [4.78, 5) is 10.4. The summed E-state index contributed by atoms with van der Waals surface area (Å²) in [5.41, 5.74) is 1.55. The smallest absolute Gasteiger partial charge is 0.288 e. The zero-order chi connectivity index (χ0) is 15.6. The van der Waals surface area contributed by atoms with Gasteiger partial charge in [0.05, 0.1) is 10.6 Å². The fourth-order valence-electron chi connectivity index (χ4n) is 1.71. The molecule has 110 valence electrons. The SMILES string of the molecule is O=[N+]([O-])c1cc(CNc2c(Br)cc(Br)cc2Br)ccc1Cl. The molecule has 0 amide bonds. The molecule has 2 aromatic carbocycles. The van der Waals surface area contributed by atoms with E-state index in [1.54, 1.807) is 6.07 Å². The highest BCUT2D eigenvalue weighted by Gasteiger charge is 2.13. The lowest BCUT2D eigenvalue weighted by Gasteiger charge is -2.11. The normalized spacial score (nSPS) is 10.5. The monoisotopic (exact) mass is 496 g/mol. The molecule has 2 aromatic rings. The second kappa shape index (κ2) is 7.09. The maximum Gasteiger partial charge on any atom is 0.288 e. The Labute approximate surface area is 151 Å². The topological polar surface area (TPSA) is 55.2 Å². The zero-order valence-electron chi connectivity index (χ0n) is 10.4. The van der Waals surface area contributed by atoms with Crippen molar-refractivity contribution < 1.29 is 4.92 Å². The van der Waals surface area contributed by atoms with E-state index in [0.717, 1.165) is 24.7 Å². The van der Waals surface area contributed by atoms with Gasteiger partial charge >= 0.3 is 0 Å². The largest absolute Gasteiger partial charge is 0.379 e. The molecule has 0 radical (unpaired) electrons. The van der Waals surface area contributed by atoms with Gasteiger partial charge in [0.25, 0.3) is 5.69 Å². The fourth-order valence-corrected chi connectivity index (χ4v) is 4.44. The molecule has 0 spiro atoms. The predicted octanol–water partition coefficient (Wildman–Crippen LogP) is 6.15. The predicted molar refractivity (Wildman–Crippen MR) is 95.0 cm³/mol. The van der Waals surface area contributed by atoms with Crippen molar-refractivity contribution in [2.24, 2.45) is 0 Å². The van der Waals surface area contributed by atoms with Crippen molar-refractivity contribution in [2.75, 3.05) is 5.32 Å². The minimum atomic E-state index is -0.489. The van der Waals surface area contributed by atoms with E-state index in [-0.39, 0.29) is 10.7 Å². The molecular weight excluding hydrogens is 491 g/mol. The summed E-state index contributed by atoms with van der Waals surface area (Å²) in [6.45, 7) is 0.441. The summed E-state index contributed by atoms with van der Waals surface area (Å²) in [7, 11) is 0. The van der Waals surface area contributed by atoms with E-state index in [1.165, 1.54) is 12.1 Å². The molecule has 0 aliphatic rings. The van der Waals surface area contributed by atoms with Gasteiger partial charge in [0.15, 0.2) is 0 Å². The van der Waals surface area contributed by atoms with E-state index >= 15 is 0 Å². The first-order valence-electron chi connectivity index (χ1n) is 5.69. The van der Waals surface area contributed by atoms with Crippen LogP contribution in [0, 0.1) is 10.1 Å². The van der Waals surface area contributed by atoms with Crippen molar-refractivity contribution in [3.8, 4) is 0 Å². The van der Waals surface area contributed by atoms with E-state index in [1.807, 2.05) is 12.1 Å². The first-order valence-corrected chi connectivity index (χ1v) is 8.45. The number of benzene rings is 2. The molecule has 0 saturated carbocycles. The van der Waals surface area contributed by atoms with Crippen LogP contribution in [0.4, 0.5) is 11.4 Å². The third kappa shape index (κ3) is 4.18. The highest BCUT2D eigenvalue weighted by Crippen LogP contribution is 2.35. The number of halogens is 4. The van der Waals surface area contributed by atoms with Crippen molar-refractivity contribution in [1.29, 1.82) is 0 Å². The number of nitrogens with zero attached hydrogens (tertiary/aromatic N) is 1. The summed E-state index contributed by atoms with van der Waals surface area (Å²) in [5.74, 6) is 0. The van der Waals surface area contributed by atoms with Crippen LogP contribution >= 0.6 is 59.4 Å². The maximum atomic E-state index is 10.9. The van der Waals surface area contributed by atoms with Gasteiger partial charge in [-0.3, -0.25) is 10.1 Å². The minimum Gasteiger partial charge on any atom is -0.379 e. The first-order chi connectivity index (χ1) is 9.88. The number of hydrogen-bond donors (Lipinski definition) is 1. The van der Waals surface area contributed by atoms with Crippen LogP contribution in [-0.2, 0) is 6.54 Å². The van der Waals surface area contributed by atoms with Crippen LogP contribution in [0.3, 0.4) is 0 Å². The number of hydrogen-bond acceptors (Lipinski definition) is 3. The third-order valence-electron chi connectivity index (χ3n) is 2.68. The van der Waals surface area contributed by atoms with Gasteiger partial charge in [0.1, 0.15) is 5.02 Å². The molecule has 0 bridgehead atoms. The van der Waals surface area contributed by atoms with Gasteiger partial charge in [0, 0.05) is 26.0 Å². The van der Waals surface area contributed by atoms with Gasteiger partial charge in [0.2, 0.25) is 0 Å². The zero-order valence-corrected chi connectivity index (χ0v) is 15.9. The number of nitro benzene ring substituents is 1. The number of nitro groups is 1. The number of nitrogens with one attached hydrogen (secondary N) is 1. The molecule has 0 atom stereocenters. The van der Waals surface area contributed by atoms with Gasteiger partial charge in [-0.2, -0.15) is 0 Å². The lowest BCUT2D eigenvalue weighted by Crippen LogP contribution is -2.02. The van der Waals surface area contributed by atoms with Gasteiger partial charge in [-0.1, -0.05) is 33.6 Å². The van der Waals surface area contributed by atoms with Crippen LogP contribution in [0.25, 0.3) is 0 Å². The van der Waals surface area contributed by atoms with Crippen LogP contribution in [0.5, 0.6) is 0 Å². The molecule has 0 heterocycles. The Morgan fingerprint density at radius 2 is 1.76 bits per heavy atom. The Morgan fingerprint density at radius 3 is 2.33 bits per heavy atom. The van der Waals surface area contributed by atoms with Crippen LogP contribution < -0.4 is 5.32 Å². The Morgan fingerprint density at radius 1 is 1.14 bits per heavy atom. The van der Waals surface area contributed by atoms with E-state index < -0.39 is 4.92 Å². The van der Waals surface area contributed by atoms with Gasteiger partial charge in [-0.25, -0.2) is 0 Å². The number of rotatable bonds is 4. The molecule has 0 aromatic heterocycles. The van der Waals surface area contributed by atoms with Crippen LogP contribution in [0.2, 0.25) is 5.02 Å². The van der Waals surface area contributed by atoms with Crippen LogP contribution in [-0.4, -0.2) is 4.92 Å². The molecule has 0 fully saturated rings. The first kappa shape index (κ1) is 16.7. The van der Waals surface area contributed by atoms with Crippen molar-refractivity contribution in [1.82, 2.24) is 0 Å². The van der Waals surface area contributed by atoms with Crippen molar-refractivity contribution in [2.45, 2.75) is 6.54 Å². The quantitative estimate of drug-likeness (QED) is 0.406. The lowest BCUT2D eigenvalue weighted by atomic mass is 10.2. The fraction of sp³-hybridized carbons (Fsp3) is 0.0769. The molecule has 2 rings (SSSR count). The van der Waals surface area contributed by atoms with Crippen molar-refractivity contribution >= 4 is 70.8 Å². The Kier molecular flexibility index (Phi) is 5.65. The lowest BCUT2D eigenvalue weighted by molar-refractivity contribution is -0.384. The molecule has 0 unspecified atom stereocenters. The molecule has 21 heavy (non-hydrogen) atoms. The molecule has 0 aliphatic heterocycles. The molecule has 0 saturated heterocycles. The standard InChI is InChI=1S/C13H8Br3ClN2O2/c14-8-4-9(15)13(10(16)5-8)18-6-7-1-2-11(17)12(3-7)19(20)21/h1-5,18H,6H2. The van der Waals surface area contributed by atoms with Gasteiger partial charge in [-0.15, -0.1) is 0 Å². The molecule has 8 heteroatoms. The van der Waals surface area contributed by atoms with Crippen LogP contribution in [0.1, 0.15) is 5.56 Å². The average Bonchev–Trinajstić information content (AvgIpc) is 2.38. The summed E-state index contributed by atoms with van der Waals surface area (Å²) in [6.07, 6.45) is 0. The second-order valence-electron chi connectivity index (χ2n) is 4.14. The maximum absolute atomic E-state index is 10.9. The van der Waals surface area contributed by atoms with Crippen LogP contribution in [0.15, 0.2) is 43.7 Å². The van der Waals surface area contributed by atoms with Gasteiger partial charge < -0.3 is 5.32 Å². The minimum absolute atomic E-state index is 0.0927. The molecular formula is C13H8Br3ClN2O2. The average molecular weight is 499 g/mol. The van der Waals surface area contributed by atoms with E-state index in [4.69, 9.17) is 11.6 Å². The number of anilines is 1. The van der Waals surface area contributed by atoms with Crippen molar-refractivity contribution in [3.05, 3.63) is 64.5 Å². The Bertz CT molecular complexity index is 687. The Hall–Kier alpha value is -0.630. The highest BCUT2D eigenvalue weighted by molar-refractivity contribution is 9.11. The van der Waals surface area contributed by atoms with E-state index in [9.17, 15) is 10.1 Å². The molecule has 4 nitrogen and oxygen atoms in total. The third-order valence-corrected chi connectivity index (χ3v) is 4.71. The summed E-state index contributed by atoms with van der Waals surface area (Å²) in [6, 6.07) is 8.58.